The molecule has 2 aliphatic heterocycles. The Hall–Kier alpha value is -1.30. The van der Waals surface area contributed by atoms with Gasteiger partial charge in [-0.3, -0.25) is 4.79 Å². The summed E-state index contributed by atoms with van der Waals surface area (Å²) in [6.45, 7) is 5.95. The van der Waals surface area contributed by atoms with E-state index in [0.717, 1.165) is 25.9 Å². The first-order chi connectivity index (χ1) is 9.91. The molecule has 1 saturated carbocycles. The third kappa shape index (κ3) is 2.39. The molecule has 3 fully saturated rings. The van der Waals surface area contributed by atoms with E-state index in [0.29, 0.717) is 19.0 Å². The molecule has 1 aliphatic carbocycles. The van der Waals surface area contributed by atoms with E-state index in [1.54, 1.807) is 0 Å². The van der Waals surface area contributed by atoms with E-state index >= 15 is 0 Å². The summed E-state index contributed by atoms with van der Waals surface area (Å²) in [4.78, 5) is 25.2. The van der Waals surface area contributed by atoms with Crippen LogP contribution in [-0.4, -0.2) is 48.8 Å². The lowest BCUT2D eigenvalue weighted by molar-refractivity contribution is -0.213. The van der Waals surface area contributed by atoms with Crippen molar-refractivity contribution in [3.05, 3.63) is 0 Å². The van der Waals surface area contributed by atoms with E-state index in [-0.39, 0.29) is 29.5 Å². The second-order valence-corrected chi connectivity index (χ2v) is 7.05. The maximum atomic E-state index is 12.4. The first-order valence-electron chi connectivity index (χ1n) is 7.77. The van der Waals surface area contributed by atoms with Crippen LogP contribution in [0.2, 0.25) is 0 Å². The van der Waals surface area contributed by atoms with Crippen LogP contribution in [0.3, 0.4) is 0 Å². The Balaban J connectivity index is 1.60. The molecule has 6 nitrogen and oxygen atoms in total. The van der Waals surface area contributed by atoms with Gasteiger partial charge in [0.25, 0.3) is 0 Å². The summed E-state index contributed by atoms with van der Waals surface area (Å²) in [5.41, 5.74) is 5.18. The molecule has 4 unspecified atom stereocenters. The monoisotopic (exact) mass is 296 g/mol. The van der Waals surface area contributed by atoms with Crippen LogP contribution in [0, 0.1) is 17.3 Å². The summed E-state index contributed by atoms with van der Waals surface area (Å²) in [6, 6.07) is -0.458. The number of piperidine rings is 1. The normalized spacial score (nSPS) is 37.5. The van der Waals surface area contributed by atoms with Gasteiger partial charge in [-0.15, -0.1) is 0 Å². The summed E-state index contributed by atoms with van der Waals surface area (Å²) in [5.74, 6) is -0.104. The van der Waals surface area contributed by atoms with Crippen LogP contribution in [0.5, 0.6) is 0 Å². The van der Waals surface area contributed by atoms with Crippen molar-refractivity contribution in [2.24, 2.45) is 23.0 Å². The molecule has 0 spiro atoms. The number of fused-ring (bicyclic) bond motifs is 1. The highest BCUT2D eigenvalue weighted by atomic mass is 16.6. The number of ether oxygens (including phenoxy) is 2. The first-order valence-corrected chi connectivity index (χ1v) is 7.77. The summed E-state index contributed by atoms with van der Waals surface area (Å²) < 4.78 is 11.5. The molecule has 0 aromatic heterocycles. The molecule has 0 bridgehead atoms. The number of urea groups is 1. The van der Waals surface area contributed by atoms with Gasteiger partial charge in [0.15, 0.2) is 0 Å². The summed E-state index contributed by atoms with van der Waals surface area (Å²) >= 11 is 0. The molecule has 2 amide bonds. The Labute approximate surface area is 124 Å². The minimum Gasteiger partial charge on any atom is -0.461 e. The fourth-order valence-corrected chi connectivity index (χ4v) is 4.11. The molecule has 3 rings (SSSR count). The highest BCUT2D eigenvalue weighted by Crippen LogP contribution is 2.53. The Morgan fingerprint density at radius 1 is 1.33 bits per heavy atom. The molecule has 118 valence electrons. The van der Waals surface area contributed by atoms with Crippen LogP contribution in [0.1, 0.15) is 33.1 Å². The van der Waals surface area contributed by atoms with Gasteiger partial charge in [-0.2, -0.15) is 0 Å². The number of hydrogen-bond donors (Lipinski definition) is 1. The predicted octanol–water partition coefficient (Wildman–Crippen LogP) is 1.13. The highest BCUT2D eigenvalue weighted by Gasteiger charge is 2.61. The quantitative estimate of drug-likeness (QED) is 0.775. The van der Waals surface area contributed by atoms with Gasteiger partial charge in [0.1, 0.15) is 6.10 Å². The van der Waals surface area contributed by atoms with Crippen molar-refractivity contribution < 1.29 is 19.1 Å². The molecule has 0 radical (unpaired) electrons. The second-order valence-electron chi connectivity index (χ2n) is 7.05. The number of carbonyl (C=O) groups is 2. The molecule has 6 heteroatoms. The van der Waals surface area contributed by atoms with Gasteiger partial charge in [0.2, 0.25) is 0 Å². The Kier molecular flexibility index (Phi) is 3.59. The number of carbonyl (C=O) groups excluding carboxylic acids is 2. The number of esters is 1. The summed E-state index contributed by atoms with van der Waals surface area (Å²) in [5, 5.41) is 0. The van der Waals surface area contributed by atoms with Gasteiger partial charge in [-0.05, 0) is 19.3 Å². The zero-order chi connectivity index (χ0) is 15.2. The minimum atomic E-state index is -0.458. The number of nitrogens with zero attached hydrogens (tertiary/aromatic N) is 1. The molecular weight excluding hydrogens is 272 g/mol. The smallest absolute Gasteiger partial charge is 0.314 e. The number of hydrogen-bond acceptors (Lipinski definition) is 4. The number of primary amides is 1. The van der Waals surface area contributed by atoms with Crippen molar-refractivity contribution in [1.29, 1.82) is 0 Å². The average Bonchev–Trinajstić information content (AvgIpc) is 2.91. The van der Waals surface area contributed by atoms with Crippen molar-refractivity contribution in [1.82, 2.24) is 4.90 Å². The maximum absolute atomic E-state index is 12.4. The third-order valence-electron chi connectivity index (χ3n) is 5.30. The predicted molar refractivity (Wildman–Crippen MR) is 75.4 cm³/mol. The Morgan fingerprint density at radius 2 is 2.10 bits per heavy atom. The Bertz CT molecular complexity index is 451. The fourth-order valence-electron chi connectivity index (χ4n) is 4.11. The van der Waals surface area contributed by atoms with Crippen molar-refractivity contribution in [3.8, 4) is 0 Å². The van der Waals surface area contributed by atoms with E-state index in [2.05, 4.69) is 13.8 Å². The van der Waals surface area contributed by atoms with Crippen LogP contribution in [0.25, 0.3) is 0 Å². The number of amides is 2. The van der Waals surface area contributed by atoms with E-state index in [1.807, 2.05) is 0 Å². The maximum Gasteiger partial charge on any atom is 0.314 e. The molecule has 21 heavy (non-hydrogen) atoms. The summed E-state index contributed by atoms with van der Waals surface area (Å²) in [6.07, 6.45) is 2.67. The van der Waals surface area contributed by atoms with Crippen LogP contribution in [0.15, 0.2) is 0 Å². The zero-order valence-electron chi connectivity index (χ0n) is 12.7. The van der Waals surface area contributed by atoms with Crippen molar-refractivity contribution in [2.45, 2.75) is 45.3 Å². The van der Waals surface area contributed by atoms with Gasteiger partial charge in [-0.25, -0.2) is 4.79 Å². The molecule has 2 saturated heterocycles. The van der Waals surface area contributed by atoms with Gasteiger partial charge in [0.05, 0.1) is 12.0 Å². The second kappa shape index (κ2) is 5.16. The topological polar surface area (TPSA) is 81.9 Å². The lowest BCUT2D eigenvalue weighted by Crippen LogP contribution is -2.62. The number of likely N-dealkylation sites (tertiary alicyclic amines) is 1. The van der Waals surface area contributed by atoms with Gasteiger partial charge in [-0.1, -0.05) is 13.8 Å². The lowest BCUT2D eigenvalue weighted by Gasteiger charge is -2.53. The largest absolute Gasteiger partial charge is 0.461 e. The molecule has 2 N–H and O–H groups in total. The summed E-state index contributed by atoms with van der Waals surface area (Å²) in [7, 11) is 0. The van der Waals surface area contributed by atoms with Gasteiger partial charge >= 0.3 is 12.0 Å². The van der Waals surface area contributed by atoms with E-state index in [4.69, 9.17) is 15.2 Å². The molecule has 4 atom stereocenters. The SMILES string of the molecule is CC1(C)C2OCCC2C1OC(=O)C1CCCN(C(N)=O)C1. The van der Waals surface area contributed by atoms with Gasteiger partial charge in [0, 0.05) is 31.0 Å². The lowest BCUT2D eigenvalue weighted by atomic mass is 9.59. The van der Waals surface area contributed by atoms with Gasteiger partial charge < -0.3 is 20.1 Å². The van der Waals surface area contributed by atoms with Crippen molar-refractivity contribution in [3.63, 3.8) is 0 Å². The van der Waals surface area contributed by atoms with E-state index in [1.165, 1.54) is 4.90 Å². The van der Waals surface area contributed by atoms with Crippen LogP contribution >= 0.6 is 0 Å². The van der Waals surface area contributed by atoms with Crippen molar-refractivity contribution >= 4 is 12.0 Å². The minimum absolute atomic E-state index is 0.0681. The zero-order valence-corrected chi connectivity index (χ0v) is 12.7. The van der Waals surface area contributed by atoms with Crippen LogP contribution in [-0.2, 0) is 14.3 Å². The molecule has 0 aromatic rings. The Morgan fingerprint density at radius 3 is 2.81 bits per heavy atom. The molecular formula is C15H24N2O4. The van der Waals surface area contributed by atoms with Crippen molar-refractivity contribution in [2.75, 3.05) is 19.7 Å². The third-order valence-corrected chi connectivity index (χ3v) is 5.30. The molecule has 2 heterocycles. The average molecular weight is 296 g/mol. The number of nitrogens with two attached hydrogens (primary N) is 1. The number of rotatable bonds is 2. The molecule has 0 aromatic carbocycles. The van der Waals surface area contributed by atoms with Crippen LogP contribution in [0.4, 0.5) is 4.79 Å². The fraction of sp³-hybridized carbons (Fsp3) is 0.867. The van der Waals surface area contributed by atoms with Crippen LogP contribution < -0.4 is 5.73 Å². The van der Waals surface area contributed by atoms with E-state index < -0.39 is 6.03 Å². The molecule has 3 aliphatic rings. The highest BCUT2D eigenvalue weighted by molar-refractivity contribution is 5.76. The van der Waals surface area contributed by atoms with E-state index in [9.17, 15) is 9.59 Å². The first kappa shape index (κ1) is 14.6. The standard InChI is InChI=1S/C15H24N2O4/c1-15(2)11-10(5-7-20-11)12(15)21-13(18)9-4-3-6-17(8-9)14(16)19/h9-12H,3-8H2,1-2H3,(H2,16,19).